The van der Waals surface area contributed by atoms with Crippen molar-refractivity contribution in [3.8, 4) is 0 Å². The third kappa shape index (κ3) is 5.43. The number of hydrogen-bond donors (Lipinski definition) is 0. The van der Waals surface area contributed by atoms with E-state index in [4.69, 9.17) is 4.74 Å². The Morgan fingerprint density at radius 1 is 0.963 bits per heavy atom. The van der Waals surface area contributed by atoms with Crippen LogP contribution in [0.4, 0.5) is 0 Å². The molecule has 0 saturated heterocycles. The quantitative estimate of drug-likeness (QED) is 0.585. The average molecular weight is 366 g/mol. The highest BCUT2D eigenvalue weighted by Crippen LogP contribution is 2.26. The van der Waals surface area contributed by atoms with Gasteiger partial charge >= 0.3 is 5.97 Å². The van der Waals surface area contributed by atoms with Crippen LogP contribution in [0.3, 0.4) is 0 Å². The fourth-order valence-corrected chi connectivity index (χ4v) is 4.14. The molecule has 0 radical (unpaired) electrons. The smallest absolute Gasteiger partial charge is 0.317 e. The van der Waals surface area contributed by atoms with Gasteiger partial charge in [-0.25, -0.2) is 0 Å². The molecule has 1 aliphatic carbocycles. The molecule has 0 heterocycles. The molecular weight excluding hydrogens is 334 g/mol. The second kappa shape index (κ2) is 10.3. The summed E-state index contributed by atoms with van der Waals surface area (Å²) in [6.45, 7) is 4.60. The molecule has 0 aliphatic heterocycles. The molecule has 0 aromatic heterocycles. The number of benzene rings is 2. The number of ether oxygens (including phenoxy) is 1. The second-order valence-electron chi connectivity index (χ2n) is 7.40. The number of hydrogen-bond acceptors (Lipinski definition) is 3. The minimum Gasteiger partial charge on any atom is -0.464 e. The van der Waals surface area contributed by atoms with Crippen molar-refractivity contribution in [1.29, 1.82) is 0 Å². The highest BCUT2D eigenvalue weighted by atomic mass is 16.5. The van der Waals surface area contributed by atoms with Gasteiger partial charge in [0, 0.05) is 12.6 Å². The summed E-state index contributed by atoms with van der Waals surface area (Å²) in [7, 11) is 0. The van der Waals surface area contributed by atoms with Crippen LogP contribution < -0.4 is 0 Å². The van der Waals surface area contributed by atoms with Gasteiger partial charge in [-0.1, -0.05) is 80.4 Å². The molecule has 144 valence electrons. The Kier molecular flexibility index (Phi) is 7.46. The zero-order valence-electron chi connectivity index (χ0n) is 16.3. The Hall–Kier alpha value is -2.13. The number of nitrogens with zero attached hydrogens (tertiary/aromatic N) is 1. The SMILES string of the molecule is CCCN(CCOC(=O)C(c1ccccc1)c1ccccc1)C1CCCC1. The Morgan fingerprint density at radius 2 is 1.52 bits per heavy atom. The predicted octanol–water partition coefficient (Wildman–Crippen LogP) is 5.02. The van der Waals surface area contributed by atoms with Gasteiger partial charge in [-0.05, 0) is 36.9 Å². The molecule has 1 saturated carbocycles. The lowest BCUT2D eigenvalue weighted by atomic mass is 9.91. The zero-order valence-corrected chi connectivity index (χ0v) is 16.3. The molecule has 1 fully saturated rings. The first kappa shape index (κ1) is 19.6. The van der Waals surface area contributed by atoms with Gasteiger partial charge in [0.25, 0.3) is 0 Å². The lowest BCUT2D eigenvalue weighted by Gasteiger charge is -2.28. The molecule has 0 bridgehead atoms. The lowest BCUT2D eigenvalue weighted by Crippen LogP contribution is -2.37. The fraction of sp³-hybridized carbons (Fsp3) is 0.458. The van der Waals surface area contributed by atoms with Crippen LogP contribution in [0, 0.1) is 0 Å². The summed E-state index contributed by atoms with van der Waals surface area (Å²) < 4.78 is 5.77. The van der Waals surface area contributed by atoms with E-state index in [1.807, 2.05) is 60.7 Å². The van der Waals surface area contributed by atoms with Gasteiger partial charge in [0.05, 0.1) is 0 Å². The molecule has 27 heavy (non-hydrogen) atoms. The summed E-state index contributed by atoms with van der Waals surface area (Å²) in [6, 6.07) is 20.5. The minimum absolute atomic E-state index is 0.157. The van der Waals surface area contributed by atoms with E-state index in [2.05, 4.69) is 11.8 Å². The van der Waals surface area contributed by atoms with Crippen LogP contribution in [-0.4, -0.2) is 36.6 Å². The van der Waals surface area contributed by atoms with E-state index >= 15 is 0 Å². The van der Waals surface area contributed by atoms with Gasteiger partial charge in [-0.2, -0.15) is 0 Å². The van der Waals surface area contributed by atoms with Crippen molar-refractivity contribution in [2.75, 3.05) is 19.7 Å². The number of esters is 1. The van der Waals surface area contributed by atoms with E-state index in [1.54, 1.807) is 0 Å². The van der Waals surface area contributed by atoms with E-state index in [9.17, 15) is 4.79 Å². The van der Waals surface area contributed by atoms with Gasteiger partial charge < -0.3 is 4.74 Å². The van der Waals surface area contributed by atoms with E-state index < -0.39 is 0 Å². The summed E-state index contributed by atoms with van der Waals surface area (Å²) in [6.07, 6.45) is 6.36. The summed E-state index contributed by atoms with van der Waals surface area (Å²) in [4.78, 5) is 15.5. The monoisotopic (exact) mass is 365 g/mol. The molecule has 0 amide bonds. The van der Waals surface area contributed by atoms with Crippen molar-refractivity contribution < 1.29 is 9.53 Å². The van der Waals surface area contributed by atoms with Crippen molar-refractivity contribution in [2.45, 2.75) is 51.0 Å². The van der Waals surface area contributed by atoms with Gasteiger partial charge in [0.2, 0.25) is 0 Å². The standard InChI is InChI=1S/C24H31NO2/c1-2-17-25(22-15-9-10-16-22)18-19-27-24(26)23(20-11-5-3-6-12-20)21-13-7-4-8-14-21/h3-8,11-14,22-23H,2,9-10,15-19H2,1H3. The van der Waals surface area contributed by atoms with Gasteiger partial charge in [-0.15, -0.1) is 0 Å². The molecule has 3 heteroatoms. The Bertz CT molecular complexity index is 641. The molecule has 1 aliphatic rings. The largest absolute Gasteiger partial charge is 0.464 e. The summed E-state index contributed by atoms with van der Waals surface area (Å²) in [5.74, 6) is -0.520. The van der Waals surface area contributed by atoms with Crippen LogP contribution >= 0.6 is 0 Å². The molecule has 3 nitrogen and oxygen atoms in total. The lowest BCUT2D eigenvalue weighted by molar-refractivity contribution is -0.145. The summed E-state index contributed by atoms with van der Waals surface area (Å²) in [5.41, 5.74) is 1.96. The minimum atomic E-state index is -0.362. The van der Waals surface area contributed by atoms with Crippen molar-refractivity contribution in [3.63, 3.8) is 0 Å². The predicted molar refractivity (Wildman–Crippen MR) is 110 cm³/mol. The molecule has 2 aromatic carbocycles. The van der Waals surface area contributed by atoms with Crippen LogP contribution in [-0.2, 0) is 9.53 Å². The van der Waals surface area contributed by atoms with E-state index in [0.717, 1.165) is 30.6 Å². The highest BCUT2D eigenvalue weighted by Gasteiger charge is 2.25. The fourth-order valence-electron chi connectivity index (χ4n) is 4.14. The zero-order chi connectivity index (χ0) is 18.9. The van der Waals surface area contributed by atoms with Gasteiger partial charge in [0.15, 0.2) is 0 Å². The van der Waals surface area contributed by atoms with E-state index in [1.165, 1.54) is 25.7 Å². The molecule has 0 unspecified atom stereocenters. The first-order valence-electron chi connectivity index (χ1n) is 10.3. The van der Waals surface area contributed by atoms with E-state index in [-0.39, 0.29) is 11.9 Å². The molecule has 2 aromatic rings. The van der Waals surface area contributed by atoms with Crippen molar-refractivity contribution in [2.24, 2.45) is 0 Å². The number of carbonyl (C=O) groups excluding carboxylic acids is 1. The van der Waals surface area contributed by atoms with E-state index in [0.29, 0.717) is 12.6 Å². The molecular formula is C24H31NO2. The van der Waals surface area contributed by atoms with Crippen LogP contribution in [0.15, 0.2) is 60.7 Å². The summed E-state index contributed by atoms with van der Waals surface area (Å²) in [5, 5.41) is 0. The second-order valence-corrected chi connectivity index (χ2v) is 7.40. The van der Waals surface area contributed by atoms with Crippen molar-refractivity contribution >= 4 is 5.97 Å². The maximum atomic E-state index is 13.0. The first-order chi connectivity index (χ1) is 13.3. The third-order valence-corrected chi connectivity index (χ3v) is 5.48. The molecule has 0 spiro atoms. The maximum absolute atomic E-state index is 13.0. The maximum Gasteiger partial charge on any atom is 0.317 e. The number of rotatable bonds is 9. The summed E-state index contributed by atoms with van der Waals surface area (Å²) >= 11 is 0. The highest BCUT2D eigenvalue weighted by molar-refractivity contribution is 5.82. The van der Waals surface area contributed by atoms with Crippen molar-refractivity contribution in [3.05, 3.63) is 71.8 Å². The average Bonchev–Trinajstić information content (AvgIpc) is 3.24. The van der Waals surface area contributed by atoms with Gasteiger partial charge in [0.1, 0.15) is 12.5 Å². The Balaban J connectivity index is 1.64. The molecule has 0 N–H and O–H groups in total. The first-order valence-corrected chi connectivity index (χ1v) is 10.3. The van der Waals surface area contributed by atoms with Gasteiger partial charge in [-0.3, -0.25) is 9.69 Å². The molecule has 0 atom stereocenters. The molecule has 3 rings (SSSR count). The van der Waals surface area contributed by atoms with Crippen molar-refractivity contribution in [1.82, 2.24) is 4.90 Å². The topological polar surface area (TPSA) is 29.5 Å². The van der Waals surface area contributed by atoms with Crippen LogP contribution in [0.5, 0.6) is 0 Å². The van der Waals surface area contributed by atoms with Crippen LogP contribution in [0.2, 0.25) is 0 Å². The van der Waals surface area contributed by atoms with Crippen LogP contribution in [0.25, 0.3) is 0 Å². The van der Waals surface area contributed by atoms with Crippen LogP contribution in [0.1, 0.15) is 56.1 Å². The normalized spacial score (nSPS) is 14.8. The Morgan fingerprint density at radius 3 is 2.04 bits per heavy atom. The Labute approximate surface area is 163 Å². The number of carbonyl (C=O) groups is 1. The third-order valence-electron chi connectivity index (χ3n) is 5.48.